The number of rotatable bonds is 8. The van der Waals surface area contributed by atoms with E-state index in [1.807, 2.05) is 44.3 Å². The summed E-state index contributed by atoms with van der Waals surface area (Å²) in [5.41, 5.74) is 10.6. The van der Waals surface area contributed by atoms with Gasteiger partial charge >= 0.3 is 0 Å². The van der Waals surface area contributed by atoms with Gasteiger partial charge in [0.25, 0.3) is 5.91 Å². The molecule has 3 aromatic rings. The van der Waals surface area contributed by atoms with Crippen LogP contribution in [0.25, 0.3) is 16.6 Å². The minimum atomic E-state index is -0.494. The van der Waals surface area contributed by atoms with Gasteiger partial charge in [0.1, 0.15) is 0 Å². The maximum Gasteiger partial charge on any atom is 0.252 e. The molecule has 4 N–H and O–H groups in total. The van der Waals surface area contributed by atoms with Gasteiger partial charge in [-0.2, -0.15) is 5.10 Å². The van der Waals surface area contributed by atoms with Crippen molar-refractivity contribution in [2.24, 2.45) is 17.6 Å². The standard InChI is InChI=1S/C24H29N5O2/c1-14(2)24(31)26-11-16-5-4-6-18(9-16)19-10-21-22(28-15(3)17-7-8-17)20(23(25)30)12-27-29(21)13-19/h4-6,9-10,12-15,17,28H,7-8,11H2,1-3H3,(H2,25,30)(H,26,31)/t15-/m1/s1. The van der Waals surface area contributed by atoms with E-state index in [9.17, 15) is 9.59 Å². The van der Waals surface area contributed by atoms with Crippen LogP contribution in [0.5, 0.6) is 0 Å². The Hall–Kier alpha value is -3.35. The SMILES string of the molecule is CC(C)C(=O)NCc1cccc(-c2cc3c(N[C@H](C)C4CC4)c(C(N)=O)cnn3c2)c1. The predicted molar refractivity (Wildman–Crippen MR) is 122 cm³/mol. The first-order valence-electron chi connectivity index (χ1n) is 10.8. The molecule has 0 radical (unpaired) electrons. The van der Waals surface area contributed by atoms with Crippen LogP contribution in [-0.4, -0.2) is 27.5 Å². The van der Waals surface area contributed by atoms with Crippen LogP contribution in [0.1, 0.15) is 49.5 Å². The molecular weight excluding hydrogens is 390 g/mol. The van der Waals surface area contributed by atoms with E-state index in [-0.39, 0.29) is 17.9 Å². The average molecular weight is 420 g/mol. The summed E-state index contributed by atoms with van der Waals surface area (Å²) < 4.78 is 1.77. The third kappa shape index (κ3) is 4.55. The third-order valence-corrected chi connectivity index (χ3v) is 5.86. The first-order valence-corrected chi connectivity index (χ1v) is 10.8. The van der Waals surface area contributed by atoms with Crippen LogP contribution in [0.4, 0.5) is 5.69 Å². The van der Waals surface area contributed by atoms with Crippen LogP contribution in [-0.2, 0) is 11.3 Å². The Morgan fingerprint density at radius 3 is 2.65 bits per heavy atom. The second-order valence-electron chi connectivity index (χ2n) is 8.70. The summed E-state index contributed by atoms with van der Waals surface area (Å²) in [6, 6.07) is 10.3. The summed E-state index contributed by atoms with van der Waals surface area (Å²) in [6.45, 7) is 6.37. The summed E-state index contributed by atoms with van der Waals surface area (Å²) in [6.07, 6.45) is 5.87. The Morgan fingerprint density at radius 1 is 1.19 bits per heavy atom. The summed E-state index contributed by atoms with van der Waals surface area (Å²) in [5, 5.41) is 10.9. The molecule has 2 heterocycles. The fraction of sp³-hybridized carbons (Fsp3) is 0.375. The van der Waals surface area contributed by atoms with Gasteiger partial charge in [-0.15, -0.1) is 0 Å². The number of aromatic nitrogens is 2. The van der Waals surface area contributed by atoms with Crippen LogP contribution in [0.3, 0.4) is 0 Å². The van der Waals surface area contributed by atoms with Gasteiger partial charge in [0, 0.05) is 30.3 Å². The lowest BCUT2D eigenvalue weighted by molar-refractivity contribution is -0.124. The highest BCUT2D eigenvalue weighted by Gasteiger charge is 2.29. The number of primary amides is 1. The minimum Gasteiger partial charge on any atom is -0.380 e. The molecule has 0 saturated heterocycles. The summed E-state index contributed by atoms with van der Waals surface area (Å²) in [5.74, 6) is 0.116. The fourth-order valence-corrected chi connectivity index (χ4v) is 3.75. The number of nitrogens with one attached hydrogen (secondary N) is 2. The molecule has 2 aromatic heterocycles. The lowest BCUT2D eigenvalue weighted by Gasteiger charge is -2.17. The van der Waals surface area contributed by atoms with Gasteiger partial charge in [-0.25, -0.2) is 4.52 Å². The molecule has 0 bridgehead atoms. The number of carbonyl (C=O) groups is 2. The quantitative estimate of drug-likeness (QED) is 0.519. The van der Waals surface area contributed by atoms with Gasteiger partial charge in [0.2, 0.25) is 5.91 Å². The second kappa shape index (κ2) is 8.41. The first-order chi connectivity index (χ1) is 14.8. The Kier molecular flexibility index (Phi) is 5.67. The Morgan fingerprint density at radius 2 is 1.97 bits per heavy atom. The van der Waals surface area contributed by atoms with Crippen molar-refractivity contribution in [3.8, 4) is 11.1 Å². The number of amides is 2. The lowest BCUT2D eigenvalue weighted by Crippen LogP contribution is -2.27. The first kappa shape index (κ1) is 20.9. The Bertz CT molecular complexity index is 1130. The van der Waals surface area contributed by atoms with Crippen LogP contribution in [0.15, 0.2) is 42.7 Å². The average Bonchev–Trinajstić information content (AvgIpc) is 3.50. The highest BCUT2D eigenvalue weighted by atomic mass is 16.2. The third-order valence-electron chi connectivity index (χ3n) is 5.86. The maximum atomic E-state index is 12.0. The molecule has 1 saturated carbocycles. The molecule has 4 rings (SSSR count). The van der Waals surface area contributed by atoms with Crippen LogP contribution >= 0.6 is 0 Å². The molecule has 0 unspecified atom stereocenters. The number of anilines is 1. The van der Waals surface area contributed by atoms with Gasteiger partial charge < -0.3 is 16.4 Å². The molecular formula is C24H29N5O2. The molecule has 162 valence electrons. The molecule has 0 aliphatic heterocycles. The van der Waals surface area contributed by atoms with E-state index < -0.39 is 5.91 Å². The molecule has 2 amide bonds. The molecule has 31 heavy (non-hydrogen) atoms. The minimum absolute atomic E-state index is 0.0312. The van der Waals surface area contributed by atoms with Gasteiger partial charge in [-0.1, -0.05) is 32.0 Å². The van der Waals surface area contributed by atoms with Gasteiger partial charge in [0.15, 0.2) is 0 Å². The topological polar surface area (TPSA) is 102 Å². The lowest BCUT2D eigenvalue weighted by atomic mass is 10.0. The molecule has 1 aromatic carbocycles. The van der Waals surface area contributed by atoms with E-state index in [1.165, 1.54) is 19.0 Å². The zero-order valence-electron chi connectivity index (χ0n) is 18.2. The van der Waals surface area contributed by atoms with E-state index in [2.05, 4.69) is 28.7 Å². The van der Waals surface area contributed by atoms with Gasteiger partial charge in [-0.05, 0) is 48.9 Å². The van der Waals surface area contributed by atoms with E-state index in [0.29, 0.717) is 18.0 Å². The Labute approximate surface area is 182 Å². The number of fused-ring (bicyclic) bond motifs is 1. The zero-order chi connectivity index (χ0) is 22.1. The van der Waals surface area contributed by atoms with E-state index in [1.54, 1.807) is 4.52 Å². The van der Waals surface area contributed by atoms with Crippen LogP contribution in [0.2, 0.25) is 0 Å². The fourth-order valence-electron chi connectivity index (χ4n) is 3.75. The van der Waals surface area contributed by atoms with Gasteiger partial charge in [-0.3, -0.25) is 9.59 Å². The molecule has 1 aliphatic rings. The zero-order valence-corrected chi connectivity index (χ0v) is 18.2. The molecule has 1 atom stereocenters. The normalized spacial score (nSPS) is 14.6. The molecule has 7 nitrogen and oxygen atoms in total. The number of hydrogen-bond acceptors (Lipinski definition) is 4. The van der Waals surface area contributed by atoms with Crippen molar-refractivity contribution in [2.75, 3.05) is 5.32 Å². The molecule has 1 aliphatic carbocycles. The van der Waals surface area contributed by atoms with Crippen LogP contribution in [0, 0.1) is 11.8 Å². The van der Waals surface area contributed by atoms with E-state index >= 15 is 0 Å². The number of benzene rings is 1. The van der Waals surface area contributed by atoms with Crippen molar-refractivity contribution in [1.82, 2.24) is 14.9 Å². The summed E-state index contributed by atoms with van der Waals surface area (Å²) in [4.78, 5) is 23.9. The molecule has 1 fully saturated rings. The number of hydrogen-bond donors (Lipinski definition) is 3. The highest BCUT2D eigenvalue weighted by molar-refractivity contribution is 6.02. The second-order valence-corrected chi connectivity index (χ2v) is 8.70. The Balaban J connectivity index is 1.67. The molecule has 7 heteroatoms. The van der Waals surface area contributed by atoms with Crippen molar-refractivity contribution >= 4 is 23.0 Å². The van der Waals surface area contributed by atoms with Gasteiger partial charge in [0.05, 0.1) is 23.0 Å². The van der Waals surface area contributed by atoms with E-state index in [0.717, 1.165) is 27.9 Å². The monoisotopic (exact) mass is 419 g/mol. The molecule has 0 spiro atoms. The summed E-state index contributed by atoms with van der Waals surface area (Å²) in [7, 11) is 0. The van der Waals surface area contributed by atoms with Crippen molar-refractivity contribution in [3.05, 3.63) is 53.9 Å². The van der Waals surface area contributed by atoms with Crippen molar-refractivity contribution in [3.63, 3.8) is 0 Å². The smallest absolute Gasteiger partial charge is 0.252 e. The van der Waals surface area contributed by atoms with Crippen molar-refractivity contribution < 1.29 is 9.59 Å². The largest absolute Gasteiger partial charge is 0.380 e. The summed E-state index contributed by atoms with van der Waals surface area (Å²) >= 11 is 0. The number of carbonyl (C=O) groups excluding carboxylic acids is 2. The van der Waals surface area contributed by atoms with Crippen molar-refractivity contribution in [1.29, 1.82) is 0 Å². The predicted octanol–water partition coefficient (Wildman–Crippen LogP) is 3.58. The maximum absolute atomic E-state index is 12.0. The van der Waals surface area contributed by atoms with E-state index in [4.69, 9.17) is 5.73 Å². The van der Waals surface area contributed by atoms with Crippen molar-refractivity contribution in [2.45, 2.75) is 46.2 Å². The highest BCUT2D eigenvalue weighted by Crippen LogP contribution is 2.36. The number of nitrogens with zero attached hydrogens (tertiary/aromatic N) is 2. The van der Waals surface area contributed by atoms with Crippen LogP contribution < -0.4 is 16.4 Å². The number of nitrogens with two attached hydrogens (primary N) is 1.